The van der Waals surface area contributed by atoms with Crippen LogP contribution in [0.25, 0.3) is 22.3 Å². The molecule has 0 atom stereocenters. The number of nitrogens with one attached hydrogen (secondary N) is 2. The highest BCUT2D eigenvalue weighted by Crippen LogP contribution is 2.57. The smallest absolute Gasteiger partial charge is 0.305 e. The predicted molar refractivity (Wildman–Crippen MR) is 156 cm³/mol. The summed E-state index contributed by atoms with van der Waals surface area (Å²) in [7, 11) is 1.31. The third-order valence-electron chi connectivity index (χ3n) is 7.87. The average molecular weight is 610 g/mol. The molecule has 1 aliphatic carbocycles. The number of aromatic nitrogens is 3. The molecule has 0 bridgehead atoms. The first-order chi connectivity index (χ1) is 20.6. The van der Waals surface area contributed by atoms with E-state index >= 15 is 8.78 Å². The lowest BCUT2D eigenvalue weighted by Crippen LogP contribution is -2.50. The van der Waals surface area contributed by atoms with Gasteiger partial charge in [-0.1, -0.05) is 24.3 Å². The number of thioether (sulfide) groups is 1. The van der Waals surface area contributed by atoms with E-state index in [0.29, 0.717) is 28.1 Å². The molecule has 43 heavy (non-hydrogen) atoms. The van der Waals surface area contributed by atoms with E-state index in [1.807, 2.05) is 24.5 Å². The third kappa shape index (κ3) is 5.37. The molecule has 0 unspecified atom stereocenters. The van der Waals surface area contributed by atoms with E-state index in [-0.39, 0.29) is 35.3 Å². The molecule has 222 valence electrons. The standard InChI is InChI=1S/C32H27F4N3O3S/c1-41-27(40)9-6-18-4-3-5-19(12-18)31(16-32(35,36)17-31)26-15-38-30(39-26)22-13-20(7-8-23(22)33)42-28-24(34)14-25-21(10-11-37-25)29(28)43-2/h3-5,7-8,10-15,37H,6,9,16-17H2,1-2H3,(H,38,39). The molecule has 6 nitrogen and oxygen atoms in total. The van der Waals surface area contributed by atoms with Gasteiger partial charge in [-0.05, 0) is 48.1 Å². The number of aryl methyl sites for hydroxylation is 1. The van der Waals surface area contributed by atoms with Gasteiger partial charge in [-0.15, -0.1) is 11.8 Å². The summed E-state index contributed by atoms with van der Waals surface area (Å²) in [5.74, 6) is -4.11. The maximum absolute atomic E-state index is 15.1. The van der Waals surface area contributed by atoms with E-state index in [2.05, 4.69) is 15.0 Å². The van der Waals surface area contributed by atoms with Crippen LogP contribution in [-0.2, 0) is 21.4 Å². The number of hydrogen-bond acceptors (Lipinski definition) is 5. The number of rotatable bonds is 9. The summed E-state index contributed by atoms with van der Waals surface area (Å²) >= 11 is 1.32. The summed E-state index contributed by atoms with van der Waals surface area (Å²) < 4.78 is 69.6. The number of imidazole rings is 1. The number of nitrogens with zero attached hydrogens (tertiary/aromatic N) is 1. The Bertz CT molecular complexity index is 1830. The Morgan fingerprint density at radius 1 is 1.07 bits per heavy atom. The van der Waals surface area contributed by atoms with Gasteiger partial charge in [0, 0.05) is 59.7 Å². The van der Waals surface area contributed by atoms with Crippen molar-refractivity contribution in [2.24, 2.45) is 0 Å². The van der Waals surface area contributed by atoms with Crippen LogP contribution in [0.1, 0.15) is 36.1 Å². The number of hydrogen-bond donors (Lipinski definition) is 2. The molecule has 2 N–H and O–H groups in total. The van der Waals surface area contributed by atoms with Crippen molar-refractivity contribution in [1.82, 2.24) is 15.0 Å². The third-order valence-corrected chi connectivity index (χ3v) is 8.69. The SMILES string of the molecule is COC(=O)CCc1cccc(C2(c3cnc(-c4cc(Oc5c(F)cc6[nH]ccc6c5SC)ccc4F)[nH]3)CC(F)(F)C2)c1. The van der Waals surface area contributed by atoms with Gasteiger partial charge < -0.3 is 19.4 Å². The van der Waals surface area contributed by atoms with E-state index in [9.17, 15) is 13.6 Å². The lowest BCUT2D eigenvalue weighted by atomic mass is 9.60. The quantitative estimate of drug-likeness (QED) is 0.100. The summed E-state index contributed by atoms with van der Waals surface area (Å²) in [6, 6.07) is 14.3. The molecule has 5 aromatic rings. The number of esters is 1. The van der Waals surface area contributed by atoms with E-state index in [1.165, 1.54) is 49.3 Å². The number of carbonyl (C=O) groups is 1. The fraction of sp³-hybridized carbons (Fsp3) is 0.250. The number of H-pyrrole nitrogens is 2. The predicted octanol–water partition coefficient (Wildman–Crippen LogP) is 8.17. The van der Waals surface area contributed by atoms with Gasteiger partial charge >= 0.3 is 5.97 Å². The highest BCUT2D eigenvalue weighted by Gasteiger charge is 2.59. The number of aromatic amines is 2. The van der Waals surface area contributed by atoms with Crippen molar-refractivity contribution in [1.29, 1.82) is 0 Å². The number of carbonyl (C=O) groups excluding carboxylic acids is 1. The van der Waals surface area contributed by atoms with Crippen molar-refractivity contribution in [3.05, 3.63) is 95.4 Å². The first-order valence-electron chi connectivity index (χ1n) is 13.5. The highest BCUT2D eigenvalue weighted by atomic mass is 32.2. The molecule has 1 fully saturated rings. The Morgan fingerprint density at radius 3 is 2.63 bits per heavy atom. The molecular weight excluding hydrogens is 582 g/mol. The van der Waals surface area contributed by atoms with Gasteiger partial charge in [0.25, 0.3) is 5.92 Å². The number of alkyl halides is 2. The number of fused-ring (bicyclic) bond motifs is 1. The van der Waals surface area contributed by atoms with E-state index in [4.69, 9.17) is 9.47 Å². The van der Waals surface area contributed by atoms with E-state index < -0.39 is 35.8 Å². The van der Waals surface area contributed by atoms with E-state index in [0.717, 1.165) is 10.9 Å². The van der Waals surface area contributed by atoms with Crippen LogP contribution >= 0.6 is 11.8 Å². The molecule has 11 heteroatoms. The zero-order valence-electron chi connectivity index (χ0n) is 23.3. The minimum absolute atomic E-state index is 0.0139. The van der Waals surface area contributed by atoms with Crippen molar-refractivity contribution in [3.8, 4) is 22.9 Å². The largest absolute Gasteiger partial charge is 0.469 e. The van der Waals surface area contributed by atoms with Crippen LogP contribution in [0.2, 0.25) is 0 Å². The minimum Gasteiger partial charge on any atom is -0.469 e. The number of methoxy groups -OCH3 is 1. The van der Waals surface area contributed by atoms with Gasteiger partial charge in [-0.3, -0.25) is 4.79 Å². The maximum atomic E-state index is 15.1. The molecule has 3 aromatic carbocycles. The summed E-state index contributed by atoms with van der Waals surface area (Å²) in [5, 5.41) is 0.791. The van der Waals surface area contributed by atoms with Gasteiger partial charge in [-0.25, -0.2) is 22.5 Å². The van der Waals surface area contributed by atoms with Crippen LogP contribution in [0.3, 0.4) is 0 Å². The van der Waals surface area contributed by atoms with Crippen LogP contribution in [-0.4, -0.2) is 40.2 Å². The first-order valence-corrected chi connectivity index (χ1v) is 14.8. The van der Waals surface area contributed by atoms with Gasteiger partial charge in [0.1, 0.15) is 17.4 Å². The van der Waals surface area contributed by atoms with Crippen LogP contribution in [0.15, 0.2) is 71.9 Å². The van der Waals surface area contributed by atoms with Crippen molar-refractivity contribution in [2.45, 2.75) is 41.9 Å². The monoisotopic (exact) mass is 609 g/mol. The fourth-order valence-corrected chi connectivity index (χ4v) is 6.47. The lowest BCUT2D eigenvalue weighted by Gasteiger charge is -2.47. The van der Waals surface area contributed by atoms with Gasteiger partial charge in [0.05, 0.1) is 17.6 Å². The summed E-state index contributed by atoms with van der Waals surface area (Å²) in [6.07, 6.45) is 4.62. The lowest BCUT2D eigenvalue weighted by molar-refractivity contribution is -0.140. The second-order valence-electron chi connectivity index (χ2n) is 10.6. The van der Waals surface area contributed by atoms with Gasteiger partial charge in [0.2, 0.25) is 0 Å². The molecule has 0 radical (unpaired) electrons. The molecule has 2 aromatic heterocycles. The van der Waals surface area contributed by atoms with Crippen molar-refractivity contribution in [2.75, 3.05) is 13.4 Å². The zero-order chi connectivity index (χ0) is 30.4. The Labute approximate surface area is 248 Å². The number of ether oxygens (including phenoxy) is 2. The molecule has 2 heterocycles. The molecule has 0 amide bonds. The molecule has 1 aliphatic rings. The molecular formula is C32H27F4N3O3S. The fourth-order valence-electron chi connectivity index (χ4n) is 5.74. The first kappa shape index (κ1) is 28.9. The van der Waals surface area contributed by atoms with Crippen LogP contribution in [0, 0.1) is 11.6 Å². The molecule has 0 spiro atoms. The van der Waals surface area contributed by atoms with Crippen molar-refractivity contribution >= 4 is 28.6 Å². The Morgan fingerprint density at radius 2 is 1.88 bits per heavy atom. The van der Waals surface area contributed by atoms with Crippen molar-refractivity contribution in [3.63, 3.8) is 0 Å². The minimum atomic E-state index is -2.88. The summed E-state index contributed by atoms with van der Waals surface area (Å²) in [4.78, 5) is 22.6. The summed E-state index contributed by atoms with van der Waals surface area (Å²) in [6.45, 7) is 0. The van der Waals surface area contributed by atoms with Crippen LogP contribution in [0.4, 0.5) is 17.6 Å². The van der Waals surface area contributed by atoms with Gasteiger partial charge in [-0.2, -0.15) is 0 Å². The normalized spacial score (nSPS) is 15.3. The van der Waals surface area contributed by atoms with Crippen LogP contribution in [0.5, 0.6) is 11.5 Å². The van der Waals surface area contributed by atoms with Crippen molar-refractivity contribution < 1.29 is 31.8 Å². The maximum Gasteiger partial charge on any atom is 0.305 e. The second-order valence-corrected chi connectivity index (χ2v) is 11.4. The molecule has 1 saturated carbocycles. The zero-order valence-corrected chi connectivity index (χ0v) is 24.1. The molecule has 0 saturated heterocycles. The Balaban J connectivity index is 1.33. The van der Waals surface area contributed by atoms with Gasteiger partial charge in [0.15, 0.2) is 11.6 Å². The molecule has 6 rings (SSSR count). The average Bonchev–Trinajstić information content (AvgIpc) is 3.66. The van der Waals surface area contributed by atoms with Crippen LogP contribution < -0.4 is 4.74 Å². The Hall–Kier alpha value is -4.25. The topological polar surface area (TPSA) is 80.0 Å². The Kier molecular flexibility index (Phi) is 7.45. The summed E-state index contributed by atoms with van der Waals surface area (Å²) in [5.41, 5.74) is 1.46. The number of benzene rings is 3. The van der Waals surface area contributed by atoms with E-state index in [1.54, 1.807) is 18.3 Å². The second kappa shape index (κ2) is 11.1. The number of halogens is 4. The molecule has 0 aliphatic heterocycles. The highest BCUT2D eigenvalue weighted by molar-refractivity contribution is 7.99.